The summed E-state index contributed by atoms with van der Waals surface area (Å²) in [6, 6.07) is 6.00. The summed E-state index contributed by atoms with van der Waals surface area (Å²) in [6.45, 7) is 3.23. The van der Waals surface area contributed by atoms with Crippen LogP contribution < -0.4 is 5.11 Å². The Balaban J connectivity index is 2.13. The molecule has 1 fully saturated rings. The smallest absolute Gasteiger partial charge is 0.254 e. The second-order valence-corrected chi connectivity index (χ2v) is 4.63. The molecule has 0 N–H and O–H groups in total. The van der Waals surface area contributed by atoms with Gasteiger partial charge in [-0.3, -0.25) is 9.59 Å². The highest BCUT2D eigenvalue weighted by Gasteiger charge is 2.24. The molecule has 1 aliphatic rings. The van der Waals surface area contributed by atoms with Gasteiger partial charge in [0.15, 0.2) is 0 Å². The molecule has 0 unspecified atom stereocenters. The molecule has 0 atom stereocenters. The van der Waals surface area contributed by atoms with E-state index >= 15 is 0 Å². The Morgan fingerprint density at radius 1 is 0.950 bits per heavy atom. The lowest BCUT2D eigenvalue weighted by atomic mass is 10.1. The van der Waals surface area contributed by atoms with Gasteiger partial charge in [0.25, 0.3) is 5.91 Å². The van der Waals surface area contributed by atoms with Gasteiger partial charge in [-0.25, -0.2) is 0 Å². The number of hydrogen-bond acceptors (Lipinski definition) is 4. The van der Waals surface area contributed by atoms with Crippen LogP contribution in [0.2, 0.25) is 0 Å². The molecule has 20 heavy (non-hydrogen) atoms. The van der Waals surface area contributed by atoms with E-state index in [1.54, 1.807) is 21.9 Å². The third-order valence-electron chi connectivity index (χ3n) is 3.39. The van der Waals surface area contributed by atoms with Gasteiger partial charge in [0.05, 0.1) is 5.97 Å². The fourth-order valence-corrected chi connectivity index (χ4v) is 2.24. The van der Waals surface area contributed by atoms with E-state index in [0.29, 0.717) is 26.2 Å². The van der Waals surface area contributed by atoms with Gasteiger partial charge in [-0.1, -0.05) is 18.2 Å². The van der Waals surface area contributed by atoms with Gasteiger partial charge < -0.3 is 19.7 Å². The number of carboxylic acid groups (broad SMARTS) is 1. The number of rotatable bonds is 2. The van der Waals surface area contributed by atoms with Crippen LogP contribution in [-0.2, 0) is 4.79 Å². The first-order valence-electron chi connectivity index (χ1n) is 6.36. The van der Waals surface area contributed by atoms with Crippen molar-refractivity contribution in [1.82, 2.24) is 9.80 Å². The van der Waals surface area contributed by atoms with Gasteiger partial charge in [0.2, 0.25) is 5.91 Å². The Morgan fingerprint density at radius 2 is 1.45 bits per heavy atom. The number of benzene rings is 1. The SMILES string of the molecule is CC(=O)N1CCN(C(=O)c2ccccc2C(=O)[O-])CC1. The fraction of sp³-hybridized carbons (Fsp3) is 0.357. The van der Waals surface area contributed by atoms with Crippen molar-refractivity contribution in [3.05, 3.63) is 35.4 Å². The summed E-state index contributed by atoms with van der Waals surface area (Å²) in [5.74, 6) is -1.73. The Kier molecular flexibility index (Phi) is 4.02. The predicted octanol–water partition coefficient (Wildman–Crippen LogP) is -0.646. The lowest BCUT2D eigenvalue weighted by Crippen LogP contribution is -2.50. The molecule has 6 heteroatoms. The molecule has 0 aliphatic carbocycles. The predicted molar refractivity (Wildman–Crippen MR) is 68.9 cm³/mol. The average molecular weight is 275 g/mol. The van der Waals surface area contributed by atoms with E-state index in [1.165, 1.54) is 19.1 Å². The molecular formula is C14H15N2O4-. The molecule has 2 rings (SSSR count). The molecule has 0 radical (unpaired) electrons. The molecule has 0 aromatic heterocycles. The second kappa shape index (κ2) is 5.73. The quantitative estimate of drug-likeness (QED) is 0.718. The van der Waals surface area contributed by atoms with E-state index in [0.717, 1.165) is 0 Å². The van der Waals surface area contributed by atoms with Crippen LogP contribution in [0, 0.1) is 0 Å². The summed E-state index contributed by atoms with van der Waals surface area (Å²) >= 11 is 0. The van der Waals surface area contributed by atoms with Crippen molar-refractivity contribution in [1.29, 1.82) is 0 Å². The summed E-state index contributed by atoms with van der Waals surface area (Å²) in [4.78, 5) is 37.8. The van der Waals surface area contributed by atoms with Crippen molar-refractivity contribution >= 4 is 17.8 Å². The monoisotopic (exact) mass is 275 g/mol. The van der Waals surface area contributed by atoms with Crippen molar-refractivity contribution in [2.45, 2.75) is 6.92 Å². The molecule has 1 heterocycles. The first kappa shape index (κ1) is 14.0. The number of aromatic carboxylic acids is 1. The molecule has 0 spiro atoms. The number of carbonyl (C=O) groups is 3. The van der Waals surface area contributed by atoms with Crippen LogP contribution in [-0.4, -0.2) is 53.8 Å². The molecule has 1 aromatic rings. The summed E-state index contributed by atoms with van der Waals surface area (Å²) < 4.78 is 0. The molecule has 6 nitrogen and oxygen atoms in total. The van der Waals surface area contributed by atoms with Gasteiger partial charge in [-0.2, -0.15) is 0 Å². The average Bonchev–Trinajstić information content (AvgIpc) is 2.46. The molecule has 0 bridgehead atoms. The molecular weight excluding hydrogens is 260 g/mol. The largest absolute Gasteiger partial charge is 0.545 e. The van der Waals surface area contributed by atoms with Crippen LogP contribution in [0.5, 0.6) is 0 Å². The van der Waals surface area contributed by atoms with Crippen molar-refractivity contribution in [3.63, 3.8) is 0 Å². The molecule has 2 amide bonds. The maximum atomic E-state index is 12.3. The van der Waals surface area contributed by atoms with E-state index in [-0.39, 0.29) is 22.9 Å². The minimum atomic E-state index is -1.36. The number of amides is 2. The maximum absolute atomic E-state index is 12.3. The topological polar surface area (TPSA) is 80.8 Å². The lowest BCUT2D eigenvalue weighted by Gasteiger charge is -2.34. The van der Waals surface area contributed by atoms with Gasteiger partial charge in [0, 0.05) is 44.2 Å². The van der Waals surface area contributed by atoms with Gasteiger partial charge in [-0.15, -0.1) is 0 Å². The Hall–Kier alpha value is -2.37. The zero-order chi connectivity index (χ0) is 14.7. The number of carbonyl (C=O) groups excluding carboxylic acids is 3. The number of hydrogen-bond donors (Lipinski definition) is 0. The summed E-state index contributed by atoms with van der Waals surface area (Å²) in [7, 11) is 0. The normalized spacial score (nSPS) is 15.1. The molecule has 1 saturated heterocycles. The highest BCUT2D eigenvalue weighted by Crippen LogP contribution is 2.13. The maximum Gasteiger partial charge on any atom is 0.254 e. The Labute approximate surface area is 116 Å². The fourth-order valence-electron chi connectivity index (χ4n) is 2.24. The summed E-state index contributed by atoms with van der Waals surface area (Å²) in [5, 5.41) is 11.0. The van der Waals surface area contributed by atoms with Crippen molar-refractivity contribution in [3.8, 4) is 0 Å². The highest BCUT2D eigenvalue weighted by atomic mass is 16.4. The highest BCUT2D eigenvalue weighted by molar-refractivity contribution is 6.04. The van der Waals surface area contributed by atoms with Gasteiger partial charge in [-0.05, 0) is 6.07 Å². The summed E-state index contributed by atoms with van der Waals surface area (Å²) in [5.41, 5.74) is 0.0234. The minimum absolute atomic E-state index is 0.0211. The van der Waals surface area contributed by atoms with E-state index in [9.17, 15) is 19.5 Å². The molecule has 0 saturated carbocycles. The Morgan fingerprint density at radius 3 is 1.95 bits per heavy atom. The molecule has 1 aromatic carbocycles. The number of nitrogens with zero attached hydrogens (tertiary/aromatic N) is 2. The molecule has 106 valence electrons. The van der Waals surface area contributed by atoms with E-state index in [4.69, 9.17) is 0 Å². The summed E-state index contributed by atoms with van der Waals surface area (Å²) in [6.07, 6.45) is 0. The first-order chi connectivity index (χ1) is 9.50. The van der Waals surface area contributed by atoms with Crippen LogP contribution in [0.15, 0.2) is 24.3 Å². The van der Waals surface area contributed by atoms with Crippen molar-refractivity contribution in [2.75, 3.05) is 26.2 Å². The number of carboxylic acids is 1. The van der Waals surface area contributed by atoms with E-state index in [1.807, 2.05) is 0 Å². The van der Waals surface area contributed by atoms with Crippen LogP contribution in [0.1, 0.15) is 27.6 Å². The van der Waals surface area contributed by atoms with E-state index in [2.05, 4.69) is 0 Å². The zero-order valence-corrected chi connectivity index (χ0v) is 11.2. The first-order valence-corrected chi connectivity index (χ1v) is 6.36. The third kappa shape index (κ3) is 2.79. The minimum Gasteiger partial charge on any atom is -0.545 e. The Bertz CT molecular complexity index is 548. The van der Waals surface area contributed by atoms with Crippen molar-refractivity contribution < 1.29 is 19.5 Å². The van der Waals surface area contributed by atoms with Crippen LogP contribution >= 0.6 is 0 Å². The van der Waals surface area contributed by atoms with Crippen LogP contribution in [0.25, 0.3) is 0 Å². The third-order valence-corrected chi connectivity index (χ3v) is 3.39. The van der Waals surface area contributed by atoms with E-state index < -0.39 is 5.97 Å². The lowest BCUT2D eigenvalue weighted by molar-refractivity contribution is -0.255. The van der Waals surface area contributed by atoms with Gasteiger partial charge >= 0.3 is 0 Å². The zero-order valence-electron chi connectivity index (χ0n) is 11.2. The van der Waals surface area contributed by atoms with Crippen molar-refractivity contribution in [2.24, 2.45) is 0 Å². The molecule has 1 aliphatic heterocycles. The number of piperazine rings is 1. The standard InChI is InChI=1S/C14H16N2O4/c1-10(17)15-6-8-16(9-7-15)13(18)11-4-2-3-5-12(11)14(19)20/h2-5H,6-9H2,1H3,(H,19,20)/p-1. The van der Waals surface area contributed by atoms with Crippen LogP contribution in [0.4, 0.5) is 0 Å². The van der Waals surface area contributed by atoms with Crippen LogP contribution in [0.3, 0.4) is 0 Å². The second-order valence-electron chi connectivity index (χ2n) is 4.63. The van der Waals surface area contributed by atoms with Gasteiger partial charge in [0.1, 0.15) is 0 Å².